The lowest BCUT2D eigenvalue weighted by atomic mass is 10.1. The van der Waals surface area contributed by atoms with Gasteiger partial charge < -0.3 is 24.8 Å². The number of para-hydroxylation sites is 1. The first-order chi connectivity index (χ1) is 12.2. The Morgan fingerprint density at radius 3 is 2.32 bits per heavy atom. The largest absolute Gasteiger partial charge is 0.496 e. The lowest BCUT2D eigenvalue weighted by Gasteiger charge is -2.11. The van der Waals surface area contributed by atoms with Gasteiger partial charge in [0.1, 0.15) is 17.2 Å². The molecule has 0 heterocycles. The van der Waals surface area contributed by atoms with Gasteiger partial charge in [0, 0.05) is 6.54 Å². The van der Waals surface area contributed by atoms with E-state index in [2.05, 4.69) is 10.6 Å². The Bertz CT molecular complexity index is 659. The second kappa shape index (κ2) is 10.1. The third-order valence-corrected chi connectivity index (χ3v) is 3.48. The average Bonchev–Trinajstić information content (AvgIpc) is 2.64. The molecule has 6 nitrogen and oxygen atoms in total. The Labute approximate surface area is 148 Å². The van der Waals surface area contributed by atoms with E-state index in [0.717, 1.165) is 17.1 Å². The predicted octanol–water partition coefficient (Wildman–Crippen LogP) is 2.97. The molecule has 2 rings (SSSR count). The van der Waals surface area contributed by atoms with Crippen LogP contribution in [0.1, 0.15) is 12.5 Å². The maximum atomic E-state index is 11.8. The number of rotatable bonds is 9. The summed E-state index contributed by atoms with van der Waals surface area (Å²) in [6.07, 6.45) is 0.692. The highest BCUT2D eigenvalue weighted by Crippen LogP contribution is 2.18. The molecule has 134 valence electrons. The maximum absolute atomic E-state index is 11.8. The first-order valence-electron chi connectivity index (χ1n) is 8.22. The summed E-state index contributed by atoms with van der Waals surface area (Å²) in [5, 5.41) is 5.44. The van der Waals surface area contributed by atoms with Gasteiger partial charge in [-0.15, -0.1) is 0 Å². The minimum Gasteiger partial charge on any atom is -0.496 e. The van der Waals surface area contributed by atoms with E-state index in [9.17, 15) is 4.79 Å². The number of ether oxygens (including phenoxy) is 3. The number of hydrogen-bond acceptors (Lipinski definition) is 4. The summed E-state index contributed by atoms with van der Waals surface area (Å²) in [6.45, 7) is 3.15. The molecule has 0 aliphatic carbocycles. The van der Waals surface area contributed by atoms with Crippen LogP contribution >= 0.6 is 0 Å². The summed E-state index contributed by atoms with van der Waals surface area (Å²) in [5.41, 5.74) is 1.05. The van der Waals surface area contributed by atoms with Crippen LogP contribution in [0.25, 0.3) is 0 Å². The van der Waals surface area contributed by atoms with Gasteiger partial charge in [-0.1, -0.05) is 18.2 Å². The summed E-state index contributed by atoms with van der Waals surface area (Å²) in [7, 11) is 1.64. The Morgan fingerprint density at radius 1 is 0.960 bits per heavy atom. The van der Waals surface area contributed by atoms with Crippen molar-refractivity contribution in [2.45, 2.75) is 13.3 Å². The first-order valence-corrected chi connectivity index (χ1v) is 8.22. The molecule has 0 aliphatic rings. The summed E-state index contributed by atoms with van der Waals surface area (Å²) in [5.74, 6) is 2.28. The van der Waals surface area contributed by atoms with Crippen LogP contribution in [-0.4, -0.2) is 33.0 Å². The molecule has 2 aromatic carbocycles. The molecule has 0 bridgehead atoms. The van der Waals surface area contributed by atoms with Gasteiger partial charge in [0.05, 0.1) is 13.7 Å². The predicted molar refractivity (Wildman–Crippen MR) is 96.3 cm³/mol. The SMILES string of the molecule is CCOc1ccc(OCNC(=O)NCCc2ccccc2OC)cc1. The molecule has 6 heteroatoms. The summed E-state index contributed by atoms with van der Waals surface area (Å²) in [4.78, 5) is 11.8. The second-order valence-electron chi connectivity index (χ2n) is 5.19. The molecule has 0 radical (unpaired) electrons. The van der Waals surface area contributed by atoms with Gasteiger partial charge in [-0.05, 0) is 49.2 Å². The van der Waals surface area contributed by atoms with Crippen molar-refractivity contribution >= 4 is 6.03 Å². The highest BCUT2D eigenvalue weighted by molar-refractivity contribution is 5.73. The van der Waals surface area contributed by atoms with Crippen LogP contribution in [-0.2, 0) is 6.42 Å². The molecule has 25 heavy (non-hydrogen) atoms. The Kier molecular flexibility index (Phi) is 7.43. The van der Waals surface area contributed by atoms with E-state index < -0.39 is 0 Å². The molecule has 0 unspecified atom stereocenters. The Hall–Kier alpha value is -2.89. The number of amides is 2. The van der Waals surface area contributed by atoms with Crippen molar-refractivity contribution < 1.29 is 19.0 Å². The van der Waals surface area contributed by atoms with Crippen LogP contribution in [0.4, 0.5) is 4.79 Å². The molecule has 2 aromatic rings. The van der Waals surface area contributed by atoms with E-state index in [-0.39, 0.29) is 12.8 Å². The van der Waals surface area contributed by atoms with Gasteiger partial charge in [-0.25, -0.2) is 4.79 Å². The molecule has 0 aromatic heterocycles. The van der Waals surface area contributed by atoms with E-state index in [1.807, 2.05) is 43.3 Å². The van der Waals surface area contributed by atoms with Gasteiger partial charge in [-0.3, -0.25) is 0 Å². The lowest BCUT2D eigenvalue weighted by Crippen LogP contribution is -2.38. The average molecular weight is 344 g/mol. The highest BCUT2D eigenvalue weighted by Gasteiger charge is 2.04. The topological polar surface area (TPSA) is 68.8 Å². The molecule has 0 saturated heterocycles. The van der Waals surface area contributed by atoms with Crippen molar-refractivity contribution in [3.8, 4) is 17.2 Å². The minimum atomic E-state index is -0.277. The number of benzene rings is 2. The molecule has 0 spiro atoms. The van der Waals surface area contributed by atoms with Gasteiger partial charge >= 0.3 is 6.03 Å². The van der Waals surface area contributed by atoms with Crippen molar-refractivity contribution in [2.75, 3.05) is 27.0 Å². The van der Waals surface area contributed by atoms with Crippen LogP contribution < -0.4 is 24.8 Å². The lowest BCUT2D eigenvalue weighted by molar-refractivity contribution is 0.224. The van der Waals surface area contributed by atoms with Crippen LogP contribution in [0.5, 0.6) is 17.2 Å². The van der Waals surface area contributed by atoms with Crippen LogP contribution in [0.3, 0.4) is 0 Å². The highest BCUT2D eigenvalue weighted by atomic mass is 16.5. The molecule has 0 saturated carbocycles. The molecule has 0 atom stereocenters. The van der Waals surface area contributed by atoms with E-state index in [1.165, 1.54) is 0 Å². The number of urea groups is 1. The minimum absolute atomic E-state index is 0.0917. The molecular weight excluding hydrogens is 320 g/mol. The normalized spacial score (nSPS) is 10.0. The third-order valence-electron chi connectivity index (χ3n) is 3.48. The number of carbonyl (C=O) groups excluding carboxylic acids is 1. The van der Waals surface area contributed by atoms with Crippen LogP contribution in [0.15, 0.2) is 48.5 Å². The van der Waals surface area contributed by atoms with E-state index in [1.54, 1.807) is 19.2 Å². The Balaban J connectivity index is 1.65. The smallest absolute Gasteiger partial charge is 0.317 e. The second-order valence-corrected chi connectivity index (χ2v) is 5.19. The molecule has 0 aliphatic heterocycles. The number of nitrogens with one attached hydrogen (secondary N) is 2. The Morgan fingerprint density at radius 2 is 1.64 bits per heavy atom. The molecule has 2 amide bonds. The standard InChI is InChI=1S/C19H24N2O4/c1-3-24-16-8-10-17(11-9-16)25-14-21-19(22)20-13-12-15-6-4-5-7-18(15)23-2/h4-11H,3,12-14H2,1-2H3,(H2,20,21,22). The fourth-order valence-corrected chi connectivity index (χ4v) is 2.27. The van der Waals surface area contributed by atoms with Gasteiger partial charge in [-0.2, -0.15) is 0 Å². The van der Waals surface area contributed by atoms with Crippen molar-refractivity contribution in [1.29, 1.82) is 0 Å². The summed E-state index contributed by atoms with van der Waals surface area (Å²) in [6, 6.07) is 14.7. The fraction of sp³-hybridized carbons (Fsp3) is 0.316. The first kappa shape index (κ1) is 18.4. The molecule has 0 fully saturated rings. The van der Waals surface area contributed by atoms with Gasteiger partial charge in [0.2, 0.25) is 0 Å². The summed E-state index contributed by atoms with van der Waals surface area (Å²) < 4.78 is 16.1. The zero-order valence-corrected chi connectivity index (χ0v) is 14.6. The van der Waals surface area contributed by atoms with Gasteiger partial charge in [0.25, 0.3) is 0 Å². The monoisotopic (exact) mass is 344 g/mol. The zero-order chi connectivity index (χ0) is 17.9. The van der Waals surface area contributed by atoms with E-state index >= 15 is 0 Å². The molecular formula is C19H24N2O4. The molecule has 2 N–H and O–H groups in total. The quantitative estimate of drug-likeness (QED) is 0.686. The van der Waals surface area contributed by atoms with Crippen molar-refractivity contribution in [3.05, 3.63) is 54.1 Å². The number of carbonyl (C=O) groups is 1. The van der Waals surface area contributed by atoms with Crippen LogP contribution in [0.2, 0.25) is 0 Å². The van der Waals surface area contributed by atoms with Crippen molar-refractivity contribution in [3.63, 3.8) is 0 Å². The van der Waals surface area contributed by atoms with E-state index in [0.29, 0.717) is 25.3 Å². The third kappa shape index (κ3) is 6.25. The van der Waals surface area contributed by atoms with Crippen molar-refractivity contribution in [2.24, 2.45) is 0 Å². The number of methoxy groups -OCH3 is 1. The van der Waals surface area contributed by atoms with Gasteiger partial charge in [0.15, 0.2) is 6.73 Å². The summed E-state index contributed by atoms with van der Waals surface area (Å²) >= 11 is 0. The number of hydrogen-bond donors (Lipinski definition) is 2. The zero-order valence-electron chi connectivity index (χ0n) is 14.6. The van der Waals surface area contributed by atoms with Crippen LogP contribution in [0, 0.1) is 0 Å². The maximum Gasteiger partial charge on any atom is 0.317 e. The van der Waals surface area contributed by atoms with Crippen molar-refractivity contribution in [1.82, 2.24) is 10.6 Å². The van der Waals surface area contributed by atoms with E-state index in [4.69, 9.17) is 14.2 Å². The fourth-order valence-electron chi connectivity index (χ4n) is 2.27.